The maximum Gasteiger partial charge on any atom is 0.254 e. The normalized spacial score (nSPS) is 22.2. The van der Waals surface area contributed by atoms with E-state index < -0.39 is 5.82 Å². The van der Waals surface area contributed by atoms with Crippen molar-refractivity contribution in [1.29, 1.82) is 0 Å². The van der Waals surface area contributed by atoms with Gasteiger partial charge in [-0.25, -0.2) is 4.39 Å². The zero-order chi connectivity index (χ0) is 13.3. The molecule has 1 unspecified atom stereocenters. The van der Waals surface area contributed by atoms with Crippen LogP contribution in [0.4, 0.5) is 4.39 Å². The topological polar surface area (TPSA) is 46.3 Å². The van der Waals surface area contributed by atoms with Crippen molar-refractivity contribution in [3.05, 3.63) is 34.1 Å². The molecule has 1 fully saturated rings. The summed E-state index contributed by atoms with van der Waals surface area (Å²) in [4.78, 5) is 14.0. The Bertz CT molecular complexity index is 465. The van der Waals surface area contributed by atoms with Crippen LogP contribution in [0.15, 0.2) is 22.7 Å². The van der Waals surface area contributed by atoms with E-state index in [2.05, 4.69) is 22.9 Å². The van der Waals surface area contributed by atoms with Gasteiger partial charge in [-0.05, 0) is 36.6 Å². The molecular weight excluding hydrogens is 335 g/mol. The van der Waals surface area contributed by atoms with E-state index in [1.165, 1.54) is 12.1 Å². The van der Waals surface area contributed by atoms with Gasteiger partial charge in [-0.3, -0.25) is 4.79 Å². The molecule has 0 aromatic heterocycles. The summed E-state index contributed by atoms with van der Waals surface area (Å²) < 4.78 is 13.8. The number of amides is 1. The van der Waals surface area contributed by atoms with Crippen LogP contribution in [0.1, 0.15) is 23.7 Å². The summed E-state index contributed by atoms with van der Waals surface area (Å²) in [6.45, 7) is 3.95. The Morgan fingerprint density at radius 3 is 2.74 bits per heavy atom. The van der Waals surface area contributed by atoms with Gasteiger partial charge in [0, 0.05) is 23.1 Å². The fraction of sp³-hybridized carbons (Fsp3) is 0.462. The van der Waals surface area contributed by atoms with Gasteiger partial charge in [-0.1, -0.05) is 22.9 Å². The molecule has 1 aromatic rings. The number of rotatable bonds is 2. The molecule has 1 heterocycles. The molecule has 6 heteroatoms. The van der Waals surface area contributed by atoms with Crippen molar-refractivity contribution in [2.75, 3.05) is 19.6 Å². The molecule has 0 radical (unpaired) electrons. The van der Waals surface area contributed by atoms with Crippen LogP contribution in [0.25, 0.3) is 0 Å². The highest BCUT2D eigenvalue weighted by atomic mass is 79.9. The van der Waals surface area contributed by atoms with E-state index in [4.69, 9.17) is 5.73 Å². The van der Waals surface area contributed by atoms with Crippen LogP contribution in [0.3, 0.4) is 0 Å². The molecule has 0 spiro atoms. The van der Waals surface area contributed by atoms with E-state index in [0.29, 0.717) is 29.7 Å². The lowest BCUT2D eigenvalue weighted by molar-refractivity contribution is 0.0776. The average Bonchev–Trinajstić information content (AvgIpc) is 2.70. The fourth-order valence-corrected chi connectivity index (χ4v) is 2.69. The van der Waals surface area contributed by atoms with Crippen LogP contribution in [0, 0.1) is 11.2 Å². The molecule has 106 valence electrons. The SMILES string of the molecule is CC1(CN)CCN(C(=O)c2cc(F)cc(Br)c2)C1.Cl. The lowest BCUT2D eigenvalue weighted by Crippen LogP contribution is -2.34. The minimum Gasteiger partial charge on any atom is -0.338 e. The van der Waals surface area contributed by atoms with Crippen LogP contribution >= 0.6 is 28.3 Å². The van der Waals surface area contributed by atoms with Crippen molar-refractivity contribution in [3.63, 3.8) is 0 Å². The Morgan fingerprint density at radius 2 is 2.21 bits per heavy atom. The van der Waals surface area contributed by atoms with E-state index in [0.717, 1.165) is 6.42 Å². The second kappa shape index (κ2) is 6.20. The number of nitrogens with zero attached hydrogens (tertiary/aromatic N) is 1. The molecule has 1 atom stereocenters. The molecule has 1 amide bonds. The predicted octanol–water partition coefficient (Wildman–Crippen LogP) is 2.82. The van der Waals surface area contributed by atoms with Crippen LogP contribution in [0.2, 0.25) is 0 Å². The minimum absolute atomic E-state index is 0. The summed E-state index contributed by atoms with van der Waals surface area (Å²) in [7, 11) is 0. The van der Waals surface area contributed by atoms with Gasteiger partial charge in [0.15, 0.2) is 0 Å². The van der Waals surface area contributed by atoms with Crippen molar-refractivity contribution >= 4 is 34.2 Å². The third-order valence-electron chi connectivity index (χ3n) is 3.45. The molecule has 19 heavy (non-hydrogen) atoms. The van der Waals surface area contributed by atoms with E-state index in [-0.39, 0.29) is 23.7 Å². The van der Waals surface area contributed by atoms with E-state index >= 15 is 0 Å². The van der Waals surface area contributed by atoms with Crippen LogP contribution < -0.4 is 5.73 Å². The van der Waals surface area contributed by atoms with E-state index in [1.807, 2.05) is 0 Å². The Kier molecular flexibility index (Phi) is 5.35. The predicted molar refractivity (Wildman–Crippen MR) is 79.0 cm³/mol. The monoisotopic (exact) mass is 350 g/mol. The molecule has 1 saturated heterocycles. The highest BCUT2D eigenvalue weighted by Gasteiger charge is 2.35. The first-order valence-electron chi connectivity index (χ1n) is 5.89. The number of hydrogen-bond acceptors (Lipinski definition) is 2. The molecule has 2 N–H and O–H groups in total. The number of likely N-dealkylation sites (tertiary alicyclic amines) is 1. The fourth-order valence-electron chi connectivity index (χ4n) is 2.22. The van der Waals surface area contributed by atoms with Gasteiger partial charge in [0.25, 0.3) is 5.91 Å². The zero-order valence-electron chi connectivity index (χ0n) is 10.7. The quantitative estimate of drug-likeness (QED) is 0.890. The molecule has 2 rings (SSSR count). The molecule has 0 bridgehead atoms. The van der Waals surface area contributed by atoms with Gasteiger partial charge in [0.2, 0.25) is 0 Å². The summed E-state index contributed by atoms with van der Waals surface area (Å²) in [5.41, 5.74) is 6.08. The maximum absolute atomic E-state index is 13.3. The molecule has 0 aliphatic carbocycles. The molecule has 0 saturated carbocycles. The summed E-state index contributed by atoms with van der Waals surface area (Å²) in [5, 5.41) is 0. The van der Waals surface area contributed by atoms with Gasteiger partial charge < -0.3 is 10.6 Å². The van der Waals surface area contributed by atoms with Crippen molar-refractivity contribution < 1.29 is 9.18 Å². The van der Waals surface area contributed by atoms with Gasteiger partial charge in [0.1, 0.15) is 5.82 Å². The third kappa shape index (κ3) is 3.68. The first-order chi connectivity index (χ1) is 8.43. The maximum atomic E-state index is 13.3. The highest BCUT2D eigenvalue weighted by Crippen LogP contribution is 2.29. The zero-order valence-corrected chi connectivity index (χ0v) is 13.1. The van der Waals surface area contributed by atoms with Crippen LogP contribution in [0.5, 0.6) is 0 Å². The number of halogens is 3. The van der Waals surface area contributed by atoms with Crippen molar-refractivity contribution in [1.82, 2.24) is 4.90 Å². The summed E-state index contributed by atoms with van der Waals surface area (Å²) >= 11 is 3.20. The summed E-state index contributed by atoms with van der Waals surface area (Å²) in [6.07, 6.45) is 0.895. The number of nitrogens with two attached hydrogens (primary N) is 1. The first kappa shape index (κ1) is 16.4. The standard InChI is InChI=1S/C13H16BrFN2O.ClH/c1-13(7-16)2-3-17(8-13)12(18)9-4-10(14)6-11(15)5-9;/h4-6H,2-3,7-8,16H2,1H3;1H. The molecule has 1 aliphatic rings. The Labute approximate surface area is 126 Å². The first-order valence-corrected chi connectivity index (χ1v) is 6.68. The van der Waals surface area contributed by atoms with Crippen molar-refractivity contribution in [2.45, 2.75) is 13.3 Å². The van der Waals surface area contributed by atoms with Crippen LogP contribution in [-0.4, -0.2) is 30.4 Å². The van der Waals surface area contributed by atoms with Gasteiger partial charge in [-0.2, -0.15) is 0 Å². The Morgan fingerprint density at radius 1 is 1.53 bits per heavy atom. The summed E-state index contributed by atoms with van der Waals surface area (Å²) in [6, 6.07) is 4.25. The molecule has 1 aliphatic heterocycles. The van der Waals surface area contributed by atoms with Crippen molar-refractivity contribution in [2.24, 2.45) is 11.1 Å². The number of carbonyl (C=O) groups excluding carboxylic acids is 1. The second-order valence-electron chi connectivity index (χ2n) is 5.15. The lowest BCUT2D eigenvalue weighted by atomic mass is 9.90. The second-order valence-corrected chi connectivity index (χ2v) is 6.07. The van der Waals surface area contributed by atoms with Gasteiger partial charge >= 0.3 is 0 Å². The van der Waals surface area contributed by atoms with Gasteiger partial charge in [-0.15, -0.1) is 12.4 Å². The Hall–Kier alpha value is -0.650. The smallest absolute Gasteiger partial charge is 0.254 e. The average molecular weight is 352 g/mol. The molecule has 3 nitrogen and oxygen atoms in total. The molecular formula is C13H17BrClFN2O. The number of benzene rings is 1. The van der Waals surface area contributed by atoms with Crippen LogP contribution in [-0.2, 0) is 0 Å². The third-order valence-corrected chi connectivity index (χ3v) is 3.91. The van der Waals surface area contributed by atoms with Gasteiger partial charge in [0.05, 0.1) is 0 Å². The lowest BCUT2D eigenvalue weighted by Gasteiger charge is -2.22. The Balaban J connectivity index is 0.00000180. The van der Waals surface area contributed by atoms with E-state index in [9.17, 15) is 9.18 Å². The molecule has 1 aromatic carbocycles. The van der Waals surface area contributed by atoms with Crippen molar-refractivity contribution in [3.8, 4) is 0 Å². The minimum atomic E-state index is -0.409. The van der Waals surface area contributed by atoms with E-state index in [1.54, 1.807) is 11.0 Å². The number of carbonyl (C=O) groups is 1. The number of hydrogen-bond donors (Lipinski definition) is 1. The highest BCUT2D eigenvalue weighted by molar-refractivity contribution is 9.10. The largest absolute Gasteiger partial charge is 0.338 e. The summed E-state index contributed by atoms with van der Waals surface area (Å²) in [5.74, 6) is -0.541.